The van der Waals surface area contributed by atoms with Crippen molar-refractivity contribution in [2.75, 3.05) is 5.32 Å². The molecule has 0 aliphatic carbocycles. The molecule has 0 aliphatic heterocycles. The molecule has 0 saturated carbocycles. The van der Waals surface area contributed by atoms with Crippen LogP contribution in [0.1, 0.15) is 20.8 Å². The summed E-state index contributed by atoms with van der Waals surface area (Å²) in [6.45, 7) is 0.661. The number of anilines is 1. The van der Waals surface area contributed by atoms with E-state index < -0.39 is 6.04 Å². The molecule has 6 nitrogen and oxygen atoms in total. The lowest BCUT2D eigenvalue weighted by atomic mass is 10.0. The minimum atomic E-state index is -0.694. The number of carbonyl (C=O) groups is 2. The Labute approximate surface area is 184 Å². The minimum absolute atomic E-state index is 0.249. The predicted octanol–water partition coefficient (Wildman–Crippen LogP) is 3.97. The van der Waals surface area contributed by atoms with Gasteiger partial charge in [0.05, 0.1) is 11.4 Å². The van der Waals surface area contributed by atoms with Crippen molar-refractivity contribution in [3.8, 4) is 0 Å². The van der Waals surface area contributed by atoms with E-state index in [4.69, 9.17) is 0 Å². The quantitative estimate of drug-likeness (QED) is 0.444. The number of aromatic nitrogens is 2. The molecule has 7 heteroatoms. The first kappa shape index (κ1) is 20.6. The maximum atomic E-state index is 13.0. The van der Waals surface area contributed by atoms with Gasteiger partial charge in [0.25, 0.3) is 5.91 Å². The molecular weight excluding hydrogens is 408 g/mol. The molecule has 0 radical (unpaired) electrons. The van der Waals surface area contributed by atoms with Crippen LogP contribution in [0, 0.1) is 0 Å². The van der Waals surface area contributed by atoms with Crippen molar-refractivity contribution in [3.63, 3.8) is 0 Å². The normalized spacial score (nSPS) is 11.6. The van der Waals surface area contributed by atoms with Gasteiger partial charge in [-0.25, -0.2) is 0 Å². The van der Waals surface area contributed by atoms with Crippen LogP contribution in [-0.4, -0.2) is 27.6 Å². The predicted molar refractivity (Wildman–Crippen MR) is 122 cm³/mol. The summed E-state index contributed by atoms with van der Waals surface area (Å²) in [6, 6.07) is 22.0. The second-order valence-corrected chi connectivity index (χ2v) is 8.03. The third-order valence-corrected chi connectivity index (χ3v) is 5.64. The first-order valence-electron chi connectivity index (χ1n) is 9.93. The Bertz CT molecular complexity index is 1110. The molecule has 4 aromatic rings. The van der Waals surface area contributed by atoms with Crippen LogP contribution in [0.2, 0.25) is 0 Å². The highest BCUT2D eigenvalue weighted by Gasteiger charge is 2.22. The molecular formula is C24H22N4O2S. The van der Waals surface area contributed by atoms with Gasteiger partial charge in [0.2, 0.25) is 5.91 Å². The standard InChI is InChI=1S/C24H22N4O2S/c29-23(26-20-11-9-19(10-12-20)17-28-14-5-13-25-28)21(16-18-6-2-1-3-7-18)27-24(30)22-8-4-15-31-22/h1-15,21H,16-17H2,(H,26,29)(H,27,30). The van der Waals surface area contributed by atoms with Crippen molar-refractivity contribution in [2.45, 2.75) is 19.0 Å². The van der Waals surface area contributed by atoms with Crippen LogP contribution in [0.25, 0.3) is 0 Å². The van der Waals surface area contributed by atoms with Crippen LogP contribution in [0.4, 0.5) is 5.69 Å². The Balaban J connectivity index is 1.44. The van der Waals surface area contributed by atoms with Crippen molar-refractivity contribution in [1.29, 1.82) is 0 Å². The number of carbonyl (C=O) groups excluding carboxylic acids is 2. The lowest BCUT2D eigenvalue weighted by Crippen LogP contribution is -2.45. The lowest BCUT2D eigenvalue weighted by molar-refractivity contribution is -0.118. The number of thiophene rings is 1. The molecule has 2 aromatic heterocycles. The molecule has 2 aromatic carbocycles. The van der Waals surface area contributed by atoms with E-state index in [1.165, 1.54) is 11.3 Å². The van der Waals surface area contributed by atoms with Gasteiger partial charge in [-0.3, -0.25) is 14.3 Å². The summed E-state index contributed by atoms with van der Waals surface area (Å²) in [5.74, 6) is -0.505. The molecule has 1 unspecified atom stereocenters. The molecule has 156 valence electrons. The highest BCUT2D eigenvalue weighted by Crippen LogP contribution is 2.14. The van der Waals surface area contributed by atoms with Crippen LogP contribution < -0.4 is 10.6 Å². The summed E-state index contributed by atoms with van der Waals surface area (Å²) in [4.78, 5) is 26.2. The molecule has 0 fully saturated rings. The fraction of sp³-hybridized carbons (Fsp3) is 0.125. The van der Waals surface area contributed by atoms with Gasteiger partial charge in [-0.15, -0.1) is 11.3 Å². The summed E-state index contributed by atoms with van der Waals surface area (Å²) in [7, 11) is 0. The van der Waals surface area contributed by atoms with E-state index in [9.17, 15) is 9.59 Å². The third kappa shape index (κ3) is 5.67. The van der Waals surface area contributed by atoms with E-state index in [-0.39, 0.29) is 11.8 Å². The Morgan fingerprint density at radius 2 is 1.74 bits per heavy atom. The van der Waals surface area contributed by atoms with Gasteiger partial charge in [-0.2, -0.15) is 5.10 Å². The largest absolute Gasteiger partial charge is 0.339 e. The highest BCUT2D eigenvalue weighted by molar-refractivity contribution is 7.12. The summed E-state index contributed by atoms with van der Waals surface area (Å²) < 4.78 is 1.84. The van der Waals surface area contributed by atoms with E-state index in [0.29, 0.717) is 23.5 Å². The molecule has 0 spiro atoms. The fourth-order valence-corrected chi connectivity index (χ4v) is 3.83. The van der Waals surface area contributed by atoms with Gasteiger partial charge in [-0.05, 0) is 40.8 Å². The summed E-state index contributed by atoms with van der Waals surface area (Å²) in [6.07, 6.45) is 4.05. The van der Waals surface area contributed by atoms with E-state index in [0.717, 1.165) is 11.1 Å². The molecule has 1 atom stereocenters. The van der Waals surface area contributed by atoms with E-state index >= 15 is 0 Å². The van der Waals surface area contributed by atoms with E-state index in [1.54, 1.807) is 12.3 Å². The molecule has 0 saturated heterocycles. The van der Waals surface area contributed by atoms with Gasteiger partial charge in [0, 0.05) is 24.5 Å². The average molecular weight is 431 g/mol. The Kier molecular flexibility index (Phi) is 6.54. The van der Waals surface area contributed by atoms with E-state index in [2.05, 4.69) is 15.7 Å². The zero-order valence-corrected chi connectivity index (χ0v) is 17.6. The Morgan fingerprint density at radius 1 is 0.935 bits per heavy atom. The first-order valence-corrected chi connectivity index (χ1v) is 10.8. The molecule has 4 rings (SSSR count). The number of benzene rings is 2. The average Bonchev–Trinajstić information content (AvgIpc) is 3.50. The Morgan fingerprint density at radius 3 is 2.42 bits per heavy atom. The topological polar surface area (TPSA) is 76.0 Å². The van der Waals surface area contributed by atoms with Crippen molar-refractivity contribution in [2.24, 2.45) is 0 Å². The second kappa shape index (κ2) is 9.86. The van der Waals surface area contributed by atoms with E-state index in [1.807, 2.05) is 83.0 Å². The third-order valence-electron chi connectivity index (χ3n) is 4.77. The van der Waals surface area contributed by atoms with Crippen molar-refractivity contribution in [3.05, 3.63) is 107 Å². The van der Waals surface area contributed by atoms with Gasteiger partial charge in [-0.1, -0.05) is 48.5 Å². The smallest absolute Gasteiger partial charge is 0.262 e. The molecule has 0 bridgehead atoms. The lowest BCUT2D eigenvalue weighted by Gasteiger charge is -2.18. The van der Waals surface area contributed by atoms with Gasteiger partial charge in [0.15, 0.2) is 0 Å². The number of nitrogens with zero attached hydrogens (tertiary/aromatic N) is 2. The van der Waals surface area contributed by atoms with Crippen molar-refractivity contribution in [1.82, 2.24) is 15.1 Å². The maximum Gasteiger partial charge on any atom is 0.262 e. The first-order chi connectivity index (χ1) is 15.2. The second-order valence-electron chi connectivity index (χ2n) is 7.08. The number of hydrogen-bond donors (Lipinski definition) is 2. The Hall–Kier alpha value is -3.71. The van der Waals surface area contributed by atoms with Gasteiger partial charge >= 0.3 is 0 Å². The monoisotopic (exact) mass is 430 g/mol. The van der Waals surface area contributed by atoms with Gasteiger partial charge in [0.1, 0.15) is 6.04 Å². The van der Waals surface area contributed by atoms with Gasteiger partial charge < -0.3 is 10.6 Å². The van der Waals surface area contributed by atoms with Crippen LogP contribution >= 0.6 is 11.3 Å². The zero-order chi connectivity index (χ0) is 21.5. The molecule has 2 heterocycles. The zero-order valence-electron chi connectivity index (χ0n) is 16.8. The summed E-state index contributed by atoms with van der Waals surface area (Å²) >= 11 is 1.35. The number of amides is 2. The number of nitrogens with one attached hydrogen (secondary N) is 2. The molecule has 2 amide bonds. The highest BCUT2D eigenvalue weighted by atomic mass is 32.1. The number of hydrogen-bond acceptors (Lipinski definition) is 4. The maximum absolute atomic E-state index is 13.0. The number of rotatable bonds is 8. The van der Waals surface area contributed by atoms with Crippen molar-refractivity contribution < 1.29 is 9.59 Å². The SMILES string of the molecule is O=C(NC(Cc1ccccc1)C(=O)Nc1ccc(Cn2cccn2)cc1)c1cccs1. The minimum Gasteiger partial charge on any atom is -0.339 e. The van der Waals surface area contributed by atoms with Crippen LogP contribution in [0.15, 0.2) is 90.6 Å². The van der Waals surface area contributed by atoms with Crippen LogP contribution in [-0.2, 0) is 17.8 Å². The van der Waals surface area contributed by atoms with Crippen LogP contribution in [0.5, 0.6) is 0 Å². The summed E-state index contributed by atoms with van der Waals surface area (Å²) in [5, 5.41) is 11.8. The fourth-order valence-electron chi connectivity index (χ4n) is 3.20. The van der Waals surface area contributed by atoms with Crippen LogP contribution in [0.3, 0.4) is 0 Å². The molecule has 2 N–H and O–H groups in total. The molecule has 31 heavy (non-hydrogen) atoms. The summed E-state index contributed by atoms with van der Waals surface area (Å²) in [5.41, 5.74) is 2.73. The molecule has 0 aliphatic rings. The van der Waals surface area contributed by atoms with Crippen molar-refractivity contribution >= 4 is 28.8 Å².